The minimum Gasteiger partial charge on any atom is -0.479 e. The molecule has 30 heavy (non-hydrogen) atoms. The van der Waals surface area contributed by atoms with E-state index in [-0.39, 0.29) is 11.0 Å². The lowest BCUT2D eigenvalue weighted by atomic mass is 10.1. The molecule has 3 heterocycles. The molecule has 1 unspecified atom stereocenters. The van der Waals surface area contributed by atoms with Crippen molar-refractivity contribution in [1.29, 1.82) is 0 Å². The van der Waals surface area contributed by atoms with Crippen LogP contribution in [0.3, 0.4) is 0 Å². The van der Waals surface area contributed by atoms with Crippen LogP contribution in [0.15, 0.2) is 35.2 Å². The highest BCUT2D eigenvalue weighted by molar-refractivity contribution is 7.92. The van der Waals surface area contributed by atoms with Gasteiger partial charge < -0.3 is 14.4 Å². The number of sulfonamides is 1. The largest absolute Gasteiger partial charge is 0.479 e. The second-order valence-corrected chi connectivity index (χ2v) is 9.44. The lowest BCUT2D eigenvalue weighted by Crippen LogP contribution is -2.25. The van der Waals surface area contributed by atoms with E-state index in [1.807, 2.05) is 18.2 Å². The van der Waals surface area contributed by atoms with Gasteiger partial charge in [0, 0.05) is 31.8 Å². The van der Waals surface area contributed by atoms with E-state index in [0.717, 1.165) is 68.7 Å². The second-order valence-electron chi connectivity index (χ2n) is 7.76. The van der Waals surface area contributed by atoms with Gasteiger partial charge in [-0.1, -0.05) is 19.1 Å². The normalized spacial score (nSPS) is 19.9. The zero-order valence-corrected chi connectivity index (χ0v) is 18.4. The predicted octanol–water partition coefficient (Wildman–Crippen LogP) is 3.16. The van der Waals surface area contributed by atoms with Crippen LogP contribution in [0.4, 0.5) is 5.69 Å². The Bertz CT molecular complexity index is 986. The number of ether oxygens (including phenoxy) is 2. The van der Waals surface area contributed by atoms with E-state index in [4.69, 9.17) is 9.47 Å². The number of anilines is 1. The molecule has 0 radical (unpaired) electrons. The first-order valence-electron chi connectivity index (χ1n) is 10.5. The number of nitrogens with one attached hydrogen (secondary N) is 1. The molecule has 2 aliphatic heterocycles. The Hall–Kier alpha value is -2.16. The first-order chi connectivity index (χ1) is 14.5. The van der Waals surface area contributed by atoms with Crippen molar-refractivity contribution >= 4 is 15.7 Å². The fraction of sp³-hybridized carbons (Fsp3) is 0.500. The monoisotopic (exact) mass is 431 g/mol. The van der Waals surface area contributed by atoms with Crippen LogP contribution in [0, 0.1) is 0 Å². The van der Waals surface area contributed by atoms with Crippen LogP contribution in [0.1, 0.15) is 42.7 Å². The first-order valence-corrected chi connectivity index (χ1v) is 12.0. The Balaban J connectivity index is 1.57. The number of aromatic nitrogens is 1. The van der Waals surface area contributed by atoms with Crippen molar-refractivity contribution < 1.29 is 17.9 Å². The van der Waals surface area contributed by atoms with E-state index in [0.29, 0.717) is 11.6 Å². The summed E-state index contributed by atoms with van der Waals surface area (Å²) in [6.07, 6.45) is 3.74. The number of hydrogen-bond donors (Lipinski definition) is 1. The molecule has 0 saturated carbocycles. The molecule has 7 nitrogen and oxygen atoms in total. The average Bonchev–Trinajstić information content (AvgIpc) is 3.22. The second kappa shape index (κ2) is 8.91. The molecule has 0 aliphatic carbocycles. The lowest BCUT2D eigenvalue weighted by Gasteiger charge is -2.16. The van der Waals surface area contributed by atoms with Gasteiger partial charge in [0.25, 0.3) is 10.0 Å². The van der Waals surface area contributed by atoms with E-state index in [2.05, 4.69) is 21.5 Å². The van der Waals surface area contributed by atoms with Crippen LogP contribution in [-0.4, -0.2) is 51.7 Å². The first kappa shape index (κ1) is 21.1. The van der Waals surface area contributed by atoms with Gasteiger partial charge in [0.05, 0.1) is 18.1 Å². The standard InChI is InChI=1S/C22H29N3O4S/c1-3-25-12-10-17-15-20(22(28-2)23-19(17)11-13-25)24-30(26,27)18-8-6-16(7-9-18)21-5-4-14-29-21/h6-9,15,21,24H,3-5,10-14H2,1-2H3. The van der Waals surface area contributed by atoms with Crippen LogP contribution < -0.4 is 9.46 Å². The van der Waals surface area contributed by atoms with E-state index >= 15 is 0 Å². The van der Waals surface area contributed by atoms with Crippen LogP contribution in [-0.2, 0) is 27.6 Å². The molecule has 1 fully saturated rings. The molecular weight excluding hydrogens is 402 g/mol. The van der Waals surface area contributed by atoms with E-state index < -0.39 is 10.0 Å². The van der Waals surface area contributed by atoms with E-state index in [1.165, 1.54) is 7.11 Å². The highest BCUT2D eigenvalue weighted by atomic mass is 32.2. The molecule has 2 aliphatic rings. The molecule has 0 spiro atoms. The summed E-state index contributed by atoms with van der Waals surface area (Å²) in [5, 5.41) is 0. The van der Waals surface area contributed by atoms with Crippen LogP contribution in [0.2, 0.25) is 0 Å². The third-order valence-corrected chi connectivity index (χ3v) is 7.28. The van der Waals surface area contributed by atoms with Gasteiger partial charge in [-0.3, -0.25) is 4.72 Å². The molecule has 1 aromatic carbocycles. The molecule has 1 saturated heterocycles. The number of rotatable bonds is 6. The third kappa shape index (κ3) is 4.45. The van der Waals surface area contributed by atoms with Gasteiger partial charge in [-0.2, -0.15) is 0 Å². The Labute approximate surface area is 178 Å². The van der Waals surface area contributed by atoms with Gasteiger partial charge in [0.15, 0.2) is 0 Å². The van der Waals surface area contributed by atoms with Gasteiger partial charge >= 0.3 is 0 Å². The molecule has 1 N–H and O–H groups in total. The van der Waals surface area contributed by atoms with Crippen molar-refractivity contribution in [2.24, 2.45) is 0 Å². The van der Waals surface area contributed by atoms with E-state index in [9.17, 15) is 8.42 Å². The van der Waals surface area contributed by atoms with Crippen molar-refractivity contribution in [3.8, 4) is 5.88 Å². The Morgan fingerprint density at radius 3 is 2.67 bits per heavy atom. The van der Waals surface area contributed by atoms with Gasteiger partial charge in [0.1, 0.15) is 5.69 Å². The topological polar surface area (TPSA) is 80.8 Å². The van der Waals surface area contributed by atoms with Gasteiger partial charge in [-0.25, -0.2) is 13.4 Å². The third-order valence-electron chi connectivity index (χ3n) is 5.90. The summed E-state index contributed by atoms with van der Waals surface area (Å²) in [5.41, 5.74) is 3.44. The van der Waals surface area contributed by atoms with Crippen molar-refractivity contribution in [2.45, 2.75) is 43.6 Å². The minimum atomic E-state index is -3.76. The predicted molar refractivity (Wildman–Crippen MR) is 115 cm³/mol. The summed E-state index contributed by atoms with van der Waals surface area (Å²) in [7, 11) is -2.25. The highest BCUT2D eigenvalue weighted by Crippen LogP contribution is 2.31. The fourth-order valence-corrected chi connectivity index (χ4v) is 5.16. The van der Waals surface area contributed by atoms with Crippen molar-refractivity contribution in [1.82, 2.24) is 9.88 Å². The van der Waals surface area contributed by atoms with Gasteiger partial charge in [0.2, 0.25) is 5.88 Å². The van der Waals surface area contributed by atoms with Gasteiger partial charge in [-0.15, -0.1) is 0 Å². The fourth-order valence-electron chi connectivity index (χ4n) is 4.11. The van der Waals surface area contributed by atoms with Crippen molar-refractivity contribution in [3.63, 3.8) is 0 Å². The molecule has 8 heteroatoms. The molecule has 1 aromatic heterocycles. The SMILES string of the molecule is CCN1CCc2cc(NS(=O)(=O)c3ccc(C4CCCO4)cc3)c(OC)nc2CC1. The Morgan fingerprint density at radius 2 is 2.00 bits per heavy atom. The van der Waals surface area contributed by atoms with Crippen molar-refractivity contribution in [2.75, 3.05) is 38.1 Å². The summed E-state index contributed by atoms with van der Waals surface area (Å²) in [6.45, 7) is 5.78. The van der Waals surface area contributed by atoms with Crippen molar-refractivity contribution in [3.05, 3.63) is 47.2 Å². The highest BCUT2D eigenvalue weighted by Gasteiger charge is 2.23. The molecule has 162 valence electrons. The lowest BCUT2D eigenvalue weighted by molar-refractivity contribution is 0.112. The molecular formula is C22H29N3O4S. The summed E-state index contributed by atoms with van der Waals surface area (Å²) in [5.74, 6) is 0.304. The molecule has 0 amide bonds. The number of pyridine rings is 1. The number of likely N-dealkylation sites (N-methyl/N-ethyl adjacent to an activating group) is 1. The van der Waals surface area contributed by atoms with E-state index in [1.54, 1.807) is 12.1 Å². The molecule has 2 aromatic rings. The average molecular weight is 432 g/mol. The van der Waals surface area contributed by atoms with Crippen LogP contribution in [0.25, 0.3) is 0 Å². The summed E-state index contributed by atoms with van der Waals surface area (Å²) >= 11 is 0. The Morgan fingerprint density at radius 1 is 1.23 bits per heavy atom. The minimum absolute atomic E-state index is 0.0614. The zero-order chi connectivity index (χ0) is 21.1. The summed E-state index contributed by atoms with van der Waals surface area (Å²) in [4.78, 5) is 7.19. The van der Waals surface area contributed by atoms with Crippen LogP contribution in [0.5, 0.6) is 5.88 Å². The molecule has 4 rings (SSSR count). The summed E-state index contributed by atoms with van der Waals surface area (Å²) < 4.78 is 39.8. The zero-order valence-electron chi connectivity index (χ0n) is 17.6. The number of hydrogen-bond acceptors (Lipinski definition) is 6. The quantitative estimate of drug-likeness (QED) is 0.757. The Kier molecular flexibility index (Phi) is 6.26. The maximum Gasteiger partial charge on any atom is 0.262 e. The number of fused-ring (bicyclic) bond motifs is 1. The van der Waals surface area contributed by atoms with Gasteiger partial charge in [-0.05, 0) is 55.1 Å². The van der Waals surface area contributed by atoms with Crippen LogP contribution >= 0.6 is 0 Å². The smallest absolute Gasteiger partial charge is 0.262 e. The number of benzene rings is 1. The maximum atomic E-state index is 13.0. The number of nitrogens with zero attached hydrogens (tertiary/aromatic N) is 2. The summed E-state index contributed by atoms with van der Waals surface area (Å²) in [6, 6.07) is 8.79. The number of methoxy groups -OCH3 is 1. The maximum absolute atomic E-state index is 13.0. The molecule has 0 bridgehead atoms. The molecule has 1 atom stereocenters.